The van der Waals surface area contributed by atoms with Crippen LogP contribution in [-0.4, -0.2) is 56.3 Å². The normalized spacial score (nSPS) is 19.4. The zero-order valence-corrected chi connectivity index (χ0v) is 19.0. The van der Waals surface area contributed by atoms with E-state index in [0.717, 1.165) is 48.8 Å². The number of aryl methyl sites for hydroxylation is 1. The fraction of sp³-hybridized carbons (Fsp3) is 0.458. The summed E-state index contributed by atoms with van der Waals surface area (Å²) in [7, 11) is -2.01. The molecule has 2 aromatic carbocycles. The number of fused-ring (bicyclic) bond motifs is 2. The highest BCUT2D eigenvalue weighted by atomic mass is 32.2. The van der Waals surface area contributed by atoms with Crippen molar-refractivity contribution in [2.45, 2.75) is 50.0 Å². The molecule has 0 saturated heterocycles. The topological polar surface area (TPSA) is 66.9 Å². The third-order valence-electron chi connectivity index (χ3n) is 6.38. The summed E-state index contributed by atoms with van der Waals surface area (Å²) in [5.74, 6) is 0.541. The van der Waals surface area contributed by atoms with Gasteiger partial charge in [-0.25, -0.2) is 12.7 Å². The molecule has 0 bridgehead atoms. The molecule has 2 aromatic rings. The molecule has 1 unspecified atom stereocenters. The number of carbonyl (C=O) groups excluding carboxylic acids is 1. The maximum absolute atomic E-state index is 12.8. The van der Waals surface area contributed by atoms with Crippen LogP contribution in [0.5, 0.6) is 5.75 Å². The van der Waals surface area contributed by atoms with Crippen molar-refractivity contribution >= 4 is 15.9 Å². The van der Waals surface area contributed by atoms with E-state index < -0.39 is 15.9 Å². The van der Waals surface area contributed by atoms with E-state index in [2.05, 4.69) is 17.9 Å². The highest BCUT2D eigenvalue weighted by Crippen LogP contribution is 2.32. The number of ether oxygens (including phenoxy) is 1. The Morgan fingerprint density at radius 3 is 2.68 bits per heavy atom. The van der Waals surface area contributed by atoms with Crippen molar-refractivity contribution in [2.75, 3.05) is 26.7 Å². The molecule has 4 rings (SSSR count). The zero-order chi connectivity index (χ0) is 22.0. The van der Waals surface area contributed by atoms with Crippen molar-refractivity contribution in [1.82, 2.24) is 9.21 Å². The van der Waals surface area contributed by atoms with Gasteiger partial charge < -0.3 is 4.74 Å². The number of nitrogens with zero attached hydrogens (tertiary/aromatic N) is 2. The van der Waals surface area contributed by atoms with Crippen LogP contribution in [0.25, 0.3) is 0 Å². The Balaban J connectivity index is 1.43. The molecular formula is C24H30N2O4S. The van der Waals surface area contributed by atoms with Crippen LogP contribution in [0.3, 0.4) is 0 Å². The lowest BCUT2D eigenvalue weighted by Crippen LogP contribution is -2.42. The van der Waals surface area contributed by atoms with E-state index >= 15 is 0 Å². The van der Waals surface area contributed by atoms with Gasteiger partial charge in [0, 0.05) is 19.1 Å². The first-order chi connectivity index (χ1) is 15.0. The summed E-state index contributed by atoms with van der Waals surface area (Å²) < 4.78 is 32.2. The summed E-state index contributed by atoms with van der Waals surface area (Å²) in [6, 6.07) is 13.1. The zero-order valence-electron chi connectivity index (χ0n) is 18.2. The minimum absolute atomic E-state index is 0.126. The highest BCUT2D eigenvalue weighted by molar-refractivity contribution is 7.90. The first-order valence-corrected chi connectivity index (χ1v) is 12.5. The molecule has 0 radical (unpaired) electrons. The van der Waals surface area contributed by atoms with Crippen LogP contribution in [0, 0.1) is 0 Å². The Morgan fingerprint density at radius 1 is 1.13 bits per heavy atom. The number of methoxy groups -OCH3 is 1. The van der Waals surface area contributed by atoms with Crippen molar-refractivity contribution < 1.29 is 17.9 Å². The third kappa shape index (κ3) is 4.08. The molecule has 1 aliphatic carbocycles. The van der Waals surface area contributed by atoms with E-state index in [1.165, 1.54) is 17.2 Å². The average Bonchev–Trinajstić information content (AvgIpc) is 2.98. The monoisotopic (exact) mass is 442 g/mol. The summed E-state index contributed by atoms with van der Waals surface area (Å²) in [4.78, 5) is 15.2. The number of benzene rings is 2. The van der Waals surface area contributed by atoms with Gasteiger partial charge in [0.25, 0.3) is 15.9 Å². The van der Waals surface area contributed by atoms with Crippen LogP contribution in [0.2, 0.25) is 0 Å². The standard InChI is InChI=1S/C24H30N2O4S/c1-3-14-25(19-13-12-18-8-6-10-22(30-2)21(18)17-19)15-7-16-26-24(27)20-9-4-5-11-23(20)31(26,28)29/h4-6,8-11,19H,3,7,12-17H2,1-2H3. The van der Waals surface area contributed by atoms with Crippen LogP contribution in [0.1, 0.15) is 47.7 Å². The molecule has 1 atom stereocenters. The summed E-state index contributed by atoms with van der Waals surface area (Å²) in [6.07, 6.45) is 4.68. The second kappa shape index (κ2) is 9.01. The molecule has 1 aliphatic heterocycles. The number of rotatable bonds is 8. The number of sulfonamides is 1. The first kappa shape index (κ1) is 21.8. The predicted molar refractivity (Wildman–Crippen MR) is 120 cm³/mol. The number of carbonyl (C=O) groups is 1. The molecule has 0 saturated carbocycles. The van der Waals surface area contributed by atoms with Crippen molar-refractivity contribution in [2.24, 2.45) is 0 Å². The molecule has 0 spiro atoms. The van der Waals surface area contributed by atoms with E-state index in [9.17, 15) is 13.2 Å². The SMILES string of the molecule is CCCN(CCCN1C(=O)c2ccccc2S1(=O)=O)C1CCc2cccc(OC)c2C1. The van der Waals surface area contributed by atoms with Gasteiger partial charge in [-0.2, -0.15) is 0 Å². The van der Waals surface area contributed by atoms with Crippen molar-refractivity contribution in [3.63, 3.8) is 0 Å². The van der Waals surface area contributed by atoms with Gasteiger partial charge >= 0.3 is 0 Å². The maximum Gasteiger partial charge on any atom is 0.269 e. The lowest BCUT2D eigenvalue weighted by molar-refractivity contribution is 0.0863. The van der Waals surface area contributed by atoms with Crippen LogP contribution in [0.15, 0.2) is 47.4 Å². The van der Waals surface area contributed by atoms with Crippen LogP contribution in [-0.2, 0) is 22.9 Å². The molecule has 2 aliphatic rings. The quantitative estimate of drug-likeness (QED) is 0.626. The lowest BCUT2D eigenvalue weighted by Gasteiger charge is -2.36. The minimum Gasteiger partial charge on any atom is -0.496 e. The second-order valence-corrected chi connectivity index (χ2v) is 10.1. The molecule has 1 amide bonds. The fourth-order valence-electron chi connectivity index (χ4n) is 4.87. The van der Waals surface area contributed by atoms with E-state index in [-0.39, 0.29) is 17.0 Å². The Hall–Kier alpha value is -2.38. The predicted octanol–water partition coefficient (Wildman–Crippen LogP) is 3.50. The maximum atomic E-state index is 12.8. The molecule has 166 valence electrons. The van der Waals surface area contributed by atoms with Gasteiger partial charge in [-0.05, 0) is 68.0 Å². The summed E-state index contributed by atoms with van der Waals surface area (Å²) in [5.41, 5.74) is 2.93. The highest BCUT2D eigenvalue weighted by Gasteiger charge is 2.40. The summed E-state index contributed by atoms with van der Waals surface area (Å²) in [6.45, 7) is 4.09. The van der Waals surface area contributed by atoms with Crippen LogP contribution >= 0.6 is 0 Å². The fourth-order valence-corrected chi connectivity index (χ4v) is 6.48. The average molecular weight is 443 g/mol. The minimum atomic E-state index is -3.73. The van der Waals surface area contributed by atoms with Crippen molar-refractivity contribution in [3.8, 4) is 5.75 Å². The molecule has 6 nitrogen and oxygen atoms in total. The number of hydrogen-bond donors (Lipinski definition) is 0. The summed E-state index contributed by atoms with van der Waals surface area (Å²) in [5, 5.41) is 0. The largest absolute Gasteiger partial charge is 0.496 e. The van der Waals surface area contributed by atoms with Crippen LogP contribution in [0.4, 0.5) is 0 Å². The Bertz CT molecular complexity index is 1050. The van der Waals surface area contributed by atoms with Crippen molar-refractivity contribution in [1.29, 1.82) is 0 Å². The summed E-state index contributed by atoms with van der Waals surface area (Å²) >= 11 is 0. The van der Waals surface area contributed by atoms with Gasteiger partial charge in [-0.1, -0.05) is 31.2 Å². The smallest absolute Gasteiger partial charge is 0.269 e. The van der Waals surface area contributed by atoms with E-state index in [4.69, 9.17) is 4.74 Å². The van der Waals surface area contributed by atoms with E-state index in [1.807, 2.05) is 12.1 Å². The Labute approximate surface area is 184 Å². The third-order valence-corrected chi connectivity index (χ3v) is 8.22. The Kier molecular flexibility index (Phi) is 6.34. The number of amides is 1. The molecule has 0 fully saturated rings. The van der Waals surface area contributed by atoms with Gasteiger partial charge in [0.1, 0.15) is 10.6 Å². The van der Waals surface area contributed by atoms with Crippen molar-refractivity contribution in [3.05, 3.63) is 59.2 Å². The van der Waals surface area contributed by atoms with Gasteiger partial charge in [0.05, 0.1) is 12.7 Å². The molecule has 0 aromatic heterocycles. The molecule has 7 heteroatoms. The second-order valence-electron chi connectivity index (χ2n) is 8.26. The molecular weight excluding hydrogens is 412 g/mol. The van der Waals surface area contributed by atoms with Gasteiger partial charge in [-0.3, -0.25) is 9.69 Å². The van der Waals surface area contributed by atoms with E-state index in [1.54, 1.807) is 25.3 Å². The first-order valence-electron chi connectivity index (χ1n) is 11.0. The van der Waals surface area contributed by atoms with Crippen LogP contribution < -0.4 is 4.74 Å². The Morgan fingerprint density at radius 2 is 1.94 bits per heavy atom. The molecule has 1 heterocycles. The number of hydrogen-bond acceptors (Lipinski definition) is 5. The van der Waals surface area contributed by atoms with Gasteiger partial charge in [0.15, 0.2) is 0 Å². The molecule has 0 N–H and O–H groups in total. The van der Waals surface area contributed by atoms with Gasteiger partial charge in [-0.15, -0.1) is 0 Å². The molecule has 31 heavy (non-hydrogen) atoms. The van der Waals surface area contributed by atoms with E-state index in [0.29, 0.717) is 12.5 Å². The van der Waals surface area contributed by atoms with Gasteiger partial charge in [0.2, 0.25) is 0 Å². The lowest BCUT2D eigenvalue weighted by atomic mass is 9.86.